The second-order valence-corrected chi connectivity index (χ2v) is 6.23. The molecule has 0 N–H and O–H groups in total. The number of methoxy groups -OCH3 is 1. The summed E-state index contributed by atoms with van der Waals surface area (Å²) >= 11 is 1.53. The van der Waals surface area contributed by atoms with E-state index in [4.69, 9.17) is 0 Å². The first-order valence-electron chi connectivity index (χ1n) is 6.79. The third kappa shape index (κ3) is 4.74. The number of esters is 1. The zero-order chi connectivity index (χ0) is 15.2. The summed E-state index contributed by atoms with van der Waals surface area (Å²) in [7, 11) is 1.37. The lowest BCUT2D eigenvalue weighted by atomic mass is 10.1. The second-order valence-electron chi connectivity index (χ2n) is 4.94. The molecule has 1 unspecified atom stereocenters. The predicted molar refractivity (Wildman–Crippen MR) is 79.6 cm³/mol. The van der Waals surface area contributed by atoms with Gasteiger partial charge in [-0.1, -0.05) is 12.1 Å². The molecule has 1 aromatic rings. The maximum Gasteiger partial charge on any atom is 0.315 e. The smallest absolute Gasteiger partial charge is 0.315 e. The van der Waals surface area contributed by atoms with Crippen LogP contribution in [-0.4, -0.2) is 48.0 Å². The number of amides is 1. The van der Waals surface area contributed by atoms with Crippen molar-refractivity contribution in [2.24, 2.45) is 0 Å². The van der Waals surface area contributed by atoms with E-state index in [9.17, 15) is 14.0 Å². The Labute approximate surface area is 127 Å². The van der Waals surface area contributed by atoms with Gasteiger partial charge in [-0.15, -0.1) is 11.8 Å². The molecular formula is C15H18FNO3S. The number of hydrogen-bond donors (Lipinski definition) is 0. The van der Waals surface area contributed by atoms with Gasteiger partial charge >= 0.3 is 5.97 Å². The van der Waals surface area contributed by atoms with Crippen molar-refractivity contribution in [2.45, 2.75) is 18.1 Å². The molecule has 0 spiro atoms. The minimum Gasteiger partial charge on any atom is -0.468 e. The monoisotopic (exact) mass is 311 g/mol. The van der Waals surface area contributed by atoms with Crippen LogP contribution < -0.4 is 0 Å². The number of thioether (sulfide) groups is 1. The molecule has 1 atom stereocenters. The van der Waals surface area contributed by atoms with Crippen LogP contribution in [0.4, 0.5) is 4.39 Å². The first-order chi connectivity index (χ1) is 10.1. The summed E-state index contributed by atoms with van der Waals surface area (Å²) in [4.78, 5) is 25.1. The summed E-state index contributed by atoms with van der Waals surface area (Å²) in [6.07, 6.45) is 1.17. The van der Waals surface area contributed by atoms with Crippen LogP contribution in [0.2, 0.25) is 0 Å². The molecule has 21 heavy (non-hydrogen) atoms. The van der Waals surface area contributed by atoms with Crippen molar-refractivity contribution in [2.75, 3.05) is 26.0 Å². The highest BCUT2D eigenvalue weighted by Crippen LogP contribution is 2.23. The Morgan fingerprint density at radius 3 is 2.76 bits per heavy atom. The van der Waals surface area contributed by atoms with Crippen LogP contribution in [0.1, 0.15) is 12.0 Å². The third-order valence-corrected chi connectivity index (χ3v) is 4.69. The molecule has 1 amide bonds. The minimum absolute atomic E-state index is 0.0442. The minimum atomic E-state index is -0.299. The molecule has 1 aliphatic heterocycles. The number of benzene rings is 1. The Hall–Kier alpha value is -1.56. The number of rotatable bonds is 5. The van der Waals surface area contributed by atoms with E-state index in [1.807, 2.05) is 0 Å². The summed E-state index contributed by atoms with van der Waals surface area (Å²) < 4.78 is 17.4. The van der Waals surface area contributed by atoms with Gasteiger partial charge in [0, 0.05) is 18.3 Å². The average molecular weight is 311 g/mol. The predicted octanol–water partition coefficient (Wildman–Crippen LogP) is 1.88. The summed E-state index contributed by atoms with van der Waals surface area (Å²) in [5.41, 5.74) is 0.812. The lowest BCUT2D eigenvalue weighted by molar-refractivity contribution is -0.137. The number of carbonyl (C=O) groups is 2. The first-order valence-corrected chi connectivity index (χ1v) is 7.84. The summed E-state index contributed by atoms with van der Waals surface area (Å²) in [5.74, 6) is -0.174. The second kappa shape index (κ2) is 7.45. The topological polar surface area (TPSA) is 46.6 Å². The molecule has 1 fully saturated rings. The molecule has 6 heteroatoms. The Morgan fingerprint density at radius 1 is 1.38 bits per heavy atom. The van der Waals surface area contributed by atoms with Gasteiger partial charge in [0.05, 0.1) is 19.3 Å². The van der Waals surface area contributed by atoms with E-state index in [2.05, 4.69) is 4.74 Å². The number of hydrogen-bond acceptors (Lipinski definition) is 4. The van der Waals surface area contributed by atoms with Crippen molar-refractivity contribution in [1.29, 1.82) is 0 Å². The summed E-state index contributed by atoms with van der Waals surface area (Å²) in [5, 5.41) is 0.279. The lowest BCUT2D eigenvalue weighted by Crippen LogP contribution is -2.30. The zero-order valence-electron chi connectivity index (χ0n) is 11.9. The van der Waals surface area contributed by atoms with Gasteiger partial charge < -0.3 is 9.64 Å². The third-order valence-electron chi connectivity index (χ3n) is 3.43. The Morgan fingerprint density at radius 2 is 2.10 bits per heavy atom. The molecule has 0 radical (unpaired) electrons. The van der Waals surface area contributed by atoms with E-state index in [1.165, 1.54) is 31.0 Å². The molecule has 0 bridgehead atoms. The van der Waals surface area contributed by atoms with Crippen molar-refractivity contribution < 1.29 is 18.7 Å². The van der Waals surface area contributed by atoms with Crippen molar-refractivity contribution in [3.05, 3.63) is 35.6 Å². The number of likely N-dealkylation sites (tertiary alicyclic amines) is 1. The molecule has 2 rings (SSSR count). The largest absolute Gasteiger partial charge is 0.468 e. The van der Waals surface area contributed by atoms with Crippen molar-refractivity contribution in [1.82, 2.24) is 4.90 Å². The van der Waals surface area contributed by atoms with Crippen LogP contribution in [0.3, 0.4) is 0 Å². The average Bonchev–Trinajstić information content (AvgIpc) is 2.96. The van der Waals surface area contributed by atoms with Gasteiger partial charge in [0.15, 0.2) is 0 Å². The van der Waals surface area contributed by atoms with Gasteiger partial charge in [-0.25, -0.2) is 4.39 Å². The van der Waals surface area contributed by atoms with Gasteiger partial charge in [0.25, 0.3) is 0 Å². The van der Waals surface area contributed by atoms with Crippen LogP contribution in [0.15, 0.2) is 24.3 Å². The fourth-order valence-corrected chi connectivity index (χ4v) is 3.27. The van der Waals surface area contributed by atoms with E-state index in [0.717, 1.165) is 12.0 Å². The van der Waals surface area contributed by atoms with Crippen LogP contribution >= 0.6 is 11.8 Å². The molecule has 0 aromatic heterocycles. The quantitative estimate of drug-likeness (QED) is 0.779. The van der Waals surface area contributed by atoms with Crippen molar-refractivity contribution in [3.8, 4) is 0 Å². The molecule has 1 aromatic carbocycles. The first kappa shape index (κ1) is 15.8. The molecular weight excluding hydrogens is 293 g/mol. The van der Waals surface area contributed by atoms with Gasteiger partial charge in [-0.05, 0) is 24.1 Å². The fraction of sp³-hybridized carbons (Fsp3) is 0.467. The Balaban J connectivity index is 1.79. The van der Waals surface area contributed by atoms with Crippen molar-refractivity contribution in [3.63, 3.8) is 0 Å². The van der Waals surface area contributed by atoms with Crippen LogP contribution in [0.25, 0.3) is 0 Å². The normalized spacial score (nSPS) is 17.8. The molecule has 1 saturated heterocycles. The zero-order valence-corrected chi connectivity index (χ0v) is 12.7. The SMILES string of the molecule is COC(=O)CSC1CCN(C(=O)Cc2ccc(F)cc2)C1. The molecule has 1 aliphatic rings. The Kier molecular flexibility index (Phi) is 5.61. The molecule has 0 aliphatic carbocycles. The molecule has 1 heterocycles. The highest BCUT2D eigenvalue weighted by atomic mass is 32.2. The lowest BCUT2D eigenvalue weighted by Gasteiger charge is -2.16. The number of nitrogens with zero attached hydrogens (tertiary/aromatic N) is 1. The standard InChI is InChI=1S/C15H18FNO3S/c1-20-15(19)10-21-13-6-7-17(9-13)14(18)8-11-2-4-12(16)5-3-11/h2-5,13H,6-10H2,1H3. The van der Waals surface area contributed by atoms with Crippen LogP contribution in [-0.2, 0) is 20.7 Å². The summed E-state index contributed by atoms with van der Waals surface area (Å²) in [6, 6.07) is 5.99. The maximum atomic E-state index is 12.8. The van der Waals surface area contributed by atoms with Gasteiger partial charge in [-0.2, -0.15) is 0 Å². The summed E-state index contributed by atoms with van der Waals surface area (Å²) in [6.45, 7) is 1.36. The molecule has 114 valence electrons. The Bertz CT molecular complexity index is 506. The maximum absolute atomic E-state index is 12.8. The van der Waals surface area contributed by atoms with Crippen LogP contribution in [0, 0.1) is 5.82 Å². The number of ether oxygens (including phenoxy) is 1. The molecule has 4 nitrogen and oxygen atoms in total. The van der Waals surface area contributed by atoms with E-state index in [-0.39, 0.29) is 29.4 Å². The van der Waals surface area contributed by atoms with Gasteiger partial charge in [-0.3, -0.25) is 9.59 Å². The number of halogens is 1. The van der Waals surface area contributed by atoms with Crippen molar-refractivity contribution >= 4 is 23.6 Å². The van der Waals surface area contributed by atoms with Crippen LogP contribution in [0.5, 0.6) is 0 Å². The fourth-order valence-electron chi connectivity index (χ4n) is 2.22. The molecule has 0 saturated carbocycles. The van der Waals surface area contributed by atoms with Gasteiger partial charge in [0.1, 0.15) is 5.82 Å². The van der Waals surface area contributed by atoms with E-state index >= 15 is 0 Å². The van der Waals surface area contributed by atoms with E-state index in [0.29, 0.717) is 18.8 Å². The van der Waals surface area contributed by atoms with E-state index in [1.54, 1.807) is 17.0 Å². The van der Waals surface area contributed by atoms with Gasteiger partial charge in [0.2, 0.25) is 5.91 Å². The highest BCUT2D eigenvalue weighted by Gasteiger charge is 2.26. The van der Waals surface area contributed by atoms with E-state index < -0.39 is 0 Å². The highest BCUT2D eigenvalue weighted by molar-refractivity contribution is 8.00. The number of carbonyl (C=O) groups excluding carboxylic acids is 2.